The third-order valence-corrected chi connectivity index (χ3v) is 7.61. The van der Waals surface area contributed by atoms with Crippen LogP contribution in [-0.2, 0) is 0 Å². The zero-order valence-corrected chi connectivity index (χ0v) is 21.0. The molecular weight excluding hydrogens is 550 g/mol. The average Bonchev–Trinajstić information content (AvgIpc) is 2.90. The minimum atomic E-state index is -1.03. The van der Waals surface area contributed by atoms with E-state index in [9.17, 15) is 20.2 Å². The number of hydrogen-bond donors (Lipinski definition) is 0. The Morgan fingerprint density at radius 1 is 0.639 bits per heavy atom. The first-order chi connectivity index (χ1) is 17.1. The fraction of sp³-hybridized carbons (Fsp3) is 0.167. The van der Waals surface area contributed by atoms with Gasteiger partial charge in [0.2, 0.25) is 0 Å². The molecule has 0 aromatic heterocycles. The van der Waals surface area contributed by atoms with Crippen LogP contribution in [-0.4, -0.2) is 9.85 Å². The van der Waals surface area contributed by atoms with E-state index in [0.29, 0.717) is 11.1 Å². The number of nitrogens with zero attached hydrogens (tertiary/aromatic N) is 4. The van der Waals surface area contributed by atoms with Crippen molar-refractivity contribution >= 4 is 57.8 Å². The average molecular weight is 564 g/mol. The monoisotopic (exact) mass is 562 g/mol. The van der Waals surface area contributed by atoms with Crippen molar-refractivity contribution < 1.29 is 9.85 Å². The number of nitriles is 2. The van der Waals surface area contributed by atoms with Gasteiger partial charge in [-0.2, -0.15) is 10.5 Å². The van der Waals surface area contributed by atoms with Crippen LogP contribution in [0.15, 0.2) is 60.7 Å². The smallest absolute Gasteiger partial charge is 0.258 e. The summed E-state index contributed by atoms with van der Waals surface area (Å²) in [6, 6.07) is 18.1. The maximum Gasteiger partial charge on any atom is 0.275 e. The fourth-order valence-corrected chi connectivity index (χ4v) is 4.77. The molecule has 0 spiro atoms. The molecule has 0 aliphatic carbocycles. The maximum absolute atomic E-state index is 11.5. The molecule has 3 aromatic rings. The van der Waals surface area contributed by atoms with Crippen LogP contribution < -0.4 is 0 Å². The molecule has 0 N–H and O–H groups in total. The number of nitro benzene ring substituents is 2. The van der Waals surface area contributed by atoms with E-state index in [-0.39, 0.29) is 33.6 Å². The molecule has 0 aliphatic heterocycles. The molecule has 0 aliphatic rings. The first-order valence-electron chi connectivity index (χ1n) is 10.1. The van der Waals surface area contributed by atoms with E-state index in [4.69, 9.17) is 56.9 Å². The third kappa shape index (κ3) is 5.70. The standard InChI is InChI=1S/C24H14Cl4N4O4/c25-21(23(27)17-6-4-13(11-29)8-19(17)31(33)34)15-2-1-3-16(10-15)22(26)24(28)18-7-5-14(12-30)9-20(18)32(35)36/h1-10,21-24H/t21-,22-,23+,24+/m0/s1. The molecule has 0 amide bonds. The Balaban J connectivity index is 1.93. The van der Waals surface area contributed by atoms with Crippen LogP contribution in [0.1, 0.15) is 54.9 Å². The van der Waals surface area contributed by atoms with Gasteiger partial charge in [-0.1, -0.05) is 24.3 Å². The number of alkyl halides is 4. The highest BCUT2D eigenvalue weighted by molar-refractivity contribution is 6.31. The molecule has 4 atom stereocenters. The van der Waals surface area contributed by atoms with Crippen LogP contribution in [0.5, 0.6) is 0 Å². The first-order valence-corrected chi connectivity index (χ1v) is 11.9. The second-order valence-electron chi connectivity index (χ2n) is 7.56. The van der Waals surface area contributed by atoms with Gasteiger partial charge in [0, 0.05) is 23.3 Å². The molecule has 8 nitrogen and oxygen atoms in total. The lowest BCUT2D eigenvalue weighted by atomic mass is 9.96. The summed E-state index contributed by atoms with van der Waals surface area (Å²) in [7, 11) is 0. The van der Waals surface area contributed by atoms with Crippen LogP contribution in [0, 0.1) is 42.9 Å². The van der Waals surface area contributed by atoms with Gasteiger partial charge in [-0.3, -0.25) is 20.2 Å². The summed E-state index contributed by atoms with van der Waals surface area (Å²) in [6.07, 6.45) is 0. The Bertz CT molecular complexity index is 1320. The lowest BCUT2D eigenvalue weighted by Gasteiger charge is -2.21. The van der Waals surface area contributed by atoms with Crippen LogP contribution in [0.4, 0.5) is 11.4 Å². The molecule has 0 saturated heterocycles. The van der Waals surface area contributed by atoms with Crippen molar-refractivity contribution in [3.63, 3.8) is 0 Å². The summed E-state index contributed by atoms with van der Waals surface area (Å²) in [5.74, 6) is 0. The predicted molar refractivity (Wildman–Crippen MR) is 136 cm³/mol. The minimum Gasteiger partial charge on any atom is -0.258 e. The third-order valence-electron chi connectivity index (χ3n) is 5.37. The topological polar surface area (TPSA) is 134 Å². The summed E-state index contributed by atoms with van der Waals surface area (Å²) < 4.78 is 0. The second-order valence-corrected chi connectivity index (χ2v) is 9.44. The van der Waals surface area contributed by atoms with Gasteiger partial charge in [0.25, 0.3) is 11.4 Å². The molecule has 0 bridgehead atoms. The molecule has 0 heterocycles. The van der Waals surface area contributed by atoms with Crippen LogP contribution in [0.2, 0.25) is 0 Å². The minimum absolute atomic E-state index is 0.109. The maximum atomic E-state index is 11.5. The van der Waals surface area contributed by atoms with Crippen molar-refractivity contribution in [2.24, 2.45) is 0 Å². The van der Waals surface area contributed by atoms with Gasteiger partial charge in [-0.25, -0.2) is 0 Å². The Hall–Kier alpha value is -3.40. The molecular formula is C24H14Cl4N4O4. The molecule has 0 unspecified atom stereocenters. The van der Waals surface area contributed by atoms with Crippen molar-refractivity contribution in [2.75, 3.05) is 0 Å². The number of hydrogen-bond acceptors (Lipinski definition) is 6. The quantitative estimate of drug-likeness (QED) is 0.156. The first kappa shape index (κ1) is 27.2. The van der Waals surface area contributed by atoms with E-state index in [2.05, 4.69) is 0 Å². The molecule has 12 heteroatoms. The fourth-order valence-electron chi connectivity index (χ4n) is 3.56. The molecule has 3 aromatic carbocycles. The van der Waals surface area contributed by atoms with Gasteiger partial charge < -0.3 is 0 Å². The van der Waals surface area contributed by atoms with E-state index in [1.165, 1.54) is 24.3 Å². The zero-order valence-electron chi connectivity index (χ0n) is 18.0. The molecule has 182 valence electrons. The molecule has 0 saturated carbocycles. The summed E-state index contributed by atoms with van der Waals surface area (Å²) >= 11 is 26.3. The number of benzene rings is 3. The lowest BCUT2D eigenvalue weighted by molar-refractivity contribution is -0.385. The summed E-state index contributed by atoms with van der Waals surface area (Å²) in [4.78, 5) is 21.8. The van der Waals surface area contributed by atoms with E-state index in [0.717, 1.165) is 12.1 Å². The van der Waals surface area contributed by atoms with Crippen molar-refractivity contribution in [2.45, 2.75) is 21.5 Å². The Labute approximate surface area is 225 Å². The van der Waals surface area contributed by atoms with Gasteiger partial charge >= 0.3 is 0 Å². The van der Waals surface area contributed by atoms with Crippen LogP contribution in [0.3, 0.4) is 0 Å². The van der Waals surface area contributed by atoms with Crippen molar-refractivity contribution in [3.05, 3.63) is 114 Å². The molecule has 0 radical (unpaired) electrons. The van der Waals surface area contributed by atoms with Gasteiger partial charge in [-0.05, 0) is 35.4 Å². The normalized spacial score (nSPS) is 14.1. The highest BCUT2D eigenvalue weighted by atomic mass is 35.5. The van der Waals surface area contributed by atoms with Gasteiger partial charge in [0.15, 0.2) is 0 Å². The van der Waals surface area contributed by atoms with E-state index in [1.807, 2.05) is 12.1 Å². The van der Waals surface area contributed by atoms with Gasteiger partial charge in [0.1, 0.15) is 0 Å². The molecule has 36 heavy (non-hydrogen) atoms. The Kier molecular flexibility index (Phi) is 8.73. The largest absolute Gasteiger partial charge is 0.275 e. The number of rotatable bonds is 8. The highest BCUT2D eigenvalue weighted by Crippen LogP contribution is 2.46. The van der Waals surface area contributed by atoms with Crippen molar-refractivity contribution in [3.8, 4) is 12.1 Å². The Morgan fingerprint density at radius 2 is 1.03 bits per heavy atom. The van der Waals surface area contributed by atoms with Crippen molar-refractivity contribution in [1.29, 1.82) is 10.5 Å². The number of halogens is 4. The summed E-state index contributed by atoms with van der Waals surface area (Å²) in [5, 5.41) is 37.2. The zero-order chi connectivity index (χ0) is 26.6. The Morgan fingerprint density at radius 3 is 1.36 bits per heavy atom. The van der Waals surface area contributed by atoms with Gasteiger partial charge in [-0.15, -0.1) is 46.4 Å². The molecule has 3 rings (SSSR count). The SMILES string of the molecule is N#Cc1ccc([C@@H](Cl)[C@@H](Cl)c2cccc([C@H](Cl)[C@H](Cl)c3ccc(C#N)cc3[N+](=O)[O-])c2)c([N+](=O)[O-])c1. The lowest BCUT2D eigenvalue weighted by Crippen LogP contribution is -2.07. The highest BCUT2D eigenvalue weighted by Gasteiger charge is 2.31. The second kappa shape index (κ2) is 11.6. The summed E-state index contributed by atoms with van der Waals surface area (Å²) in [5.41, 5.74) is 0.789. The van der Waals surface area contributed by atoms with Crippen LogP contribution >= 0.6 is 46.4 Å². The number of nitro groups is 2. The van der Waals surface area contributed by atoms with E-state index < -0.39 is 31.4 Å². The van der Waals surface area contributed by atoms with Crippen LogP contribution in [0.25, 0.3) is 0 Å². The summed E-state index contributed by atoms with van der Waals surface area (Å²) in [6.45, 7) is 0. The van der Waals surface area contributed by atoms with E-state index in [1.54, 1.807) is 24.3 Å². The predicted octanol–water partition coefficient (Wildman–Crippen LogP) is 7.77. The van der Waals surface area contributed by atoms with E-state index >= 15 is 0 Å². The van der Waals surface area contributed by atoms with Gasteiger partial charge in [0.05, 0.1) is 54.6 Å². The van der Waals surface area contributed by atoms with Crippen molar-refractivity contribution in [1.82, 2.24) is 0 Å². The molecule has 0 fully saturated rings.